The molecule has 24 heavy (non-hydrogen) atoms. The van der Waals surface area contributed by atoms with Gasteiger partial charge in [0.2, 0.25) is 0 Å². The van der Waals surface area contributed by atoms with Crippen molar-refractivity contribution in [2.75, 3.05) is 26.5 Å². The molecule has 0 atom stereocenters. The summed E-state index contributed by atoms with van der Waals surface area (Å²) < 4.78 is 28.4. The van der Waals surface area contributed by atoms with Gasteiger partial charge in [0, 0.05) is 23.9 Å². The Balaban J connectivity index is 1.92. The van der Waals surface area contributed by atoms with Crippen LogP contribution in [0.2, 0.25) is 5.02 Å². The summed E-state index contributed by atoms with van der Waals surface area (Å²) in [5, 5.41) is 0.586. The maximum Gasteiger partial charge on any atom is 0.253 e. The normalized spacial score (nSPS) is 11.1. The van der Waals surface area contributed by atoms with Crippen molar-refractivity contribution in [3.05, 3.63) is 59.1 Å². The Morgan fingerprint density at radius 3 is 2.42 bits per heavy atom. The highest BCUT2D eigenvalue weighted by molar-refractivity contribution is 7.90. The van der Waals surface area contributed by atoms with Gasteiger partial charge in [0.05, 0.1) is 11.4 Å². The number of amides is 1. The molecule has 7 heteroatoms. The minimum atomic E-state index is -3.27. The number of hydrogen-bond donors (Lipinski definition) is 0. The molecule has 0 aliphatic rings. The van der Waals surface area contributed by atoms with Crippen molar-refractivity contribution in [2.24, 2.45) is 0 Å². The van der Waals surface area contributed by atoms with Gasteiger partial charge in [0.1, 0.15) is 12.4 Å². The first-order valence-corrected chi connectivity index (χ1v) is 9.48. The third kappa shape index (κ3) is 4.97. The largest absolute Gasteiger partial charge is 0.492 e. The van der Waals surface area contributed by atoms with Crippen LogP contribution in [0.15, 0.2) is 53.4 Å². The summed E-state index contributed by atoms with van der Waals surface area (Å²) in [5.41, 5.74) is 0.424. The fraction of sp³-hybridized carbons (Fsp3) is 0.235. The molecule has 0 radical (unpaired) electrons. The zero-order chi connectivity index (χ0) is 17.7. The van der Waals surface area contributed by atoms with Crippen molar-refractivity contribution in [3.63, 3.8) is 0 Å². The number of halogens is 1. The van der Waals surface area contributed by atoms with Crippen LogP contribution in [0.25, 0.3) is 0 Å². The molecule has 0 aliphatic carbocycles. The van der Waals surface area contributed by atoms with Gasteiger partial charge >= 0.3 is 0 Å². The Labute approximate surface area is 146 Å². The van der Waals surface area contributed by atoms with Crippen LogP contribution in [-0.2, 0) is 9.84 Å². The monoisotopic (exact) mass is 367 g/mol. The SMILES string of the molecule is CN(CCOc1cccc(Cl)c1)C(=O)c1ccc(S(C)(=O)=O)cc1. The van der Waals surface area contributed by atoms with E-state index in [2.05, 4.69) is 0 Å². The van der Waals surface area contributed by atoms with Crippen LogP contribution in [0.5, 0.6) is 5.75 Å². The number of nitrogens with zero attached hydrogens (tertiary/aromatic N) is 1. The third-order valence-electron chi connectivity index (χ3n) is 3.37. The minimum Gasteiger partial charge on any atom is -0.492 e. The van der Waals surface area contributed by atoms with Gasteiger partial charge in [0.15, 0.2) is 9.84 Å². The van der Waals surface area contributed by atoms with Crippen molar-refractivity contribution in [1.29, 1.82) is 0 Å². The number of benzene rings is 2. The highest BCUT2D eigenvalue weighted by Gasteiger charge is 2.13. The minimum absolute atomic E-state index is 0.186. The lowest BCUT2D eigenvalue weighted by Crippen LogP contribution is -2.30. The van der Waals surface area contributed by atoms with E-state index in [0.717, 1.165) is 6.26 Å². The summed E-state index contributed by atoms with van der Waals surface area (Å²) in [7, 11) is -1.61. The van der Waals surface area contributed by atoms with Crippen LogP contribution in [-0.4, -0.2) is 45.7 Å². The van der Waals surface area contributed by atoms with E-state index in [1.54, 1.807) is 31.3 Å². The molecule has 0 spiro atoms. The van der Waals surface area contributed by atoms with Crippen LogP contribution in [0.4, 0.5) is 0 Å². The Morgan fingerprint density at radius 1 is 1.17 bits per heavy atom. The van der Waals surface area contributed by atoms with Gasteiger partial charge in [-0.05, 0) is 42.5 Å². The molecule has 0 fully saturated rings. The van der Waals surface area contributed by atoms with E-state index in [1.165, 1.54) is 29.2 Å². The van der Waals surface area contributed by atoms with E-state index in [4.69, 9.17) is 16.3 Å². The molecule has 0 aliphatic heterocycles. The van der Waals surface area contributed by atoms with Crippen molar-refractivity contribution in [2.45, 2.75) is 4.90 Å². The molecule has 128 valence electrons. The lowest BCUT2D eigenvalue weighted by molar-refractivity contribution is 0.0773. The van der Waals surface area contributed by atoms with Gasteiger partial charge in [-0.15, -0.1) is 0 Å². The lowest BCUT2D eigenvalue weighted by atomic mass is 10.2. The number of rotatable bonds is 6. The van der Waals surface area contributed by atoms with Gasteiger partial charge in [-0.2, -0.15) is 0 Å². The van der Waals surface area contributed by atoms with Gasteiger partial charge < -0.3 is 9.64 Å². The van der Waals surface area contributed by atoms with E-state index in [1.807, 2.05) is 0 Å². The molecule has 0 unspecified atom stereocenters. The number of likely N-dealkylation sites (N-methyl/N-ethyl adjacent to an activating group) is 1. The van der Waals surface area contributed by atoms with Crippen molar-refractivity contribution in [3.8, 4) is 5.75 Å². The lowest BCUT2D eigenvalue weighted by Gasteiger charge is -2.17. The topological polar surface area (TPSA) is 63.7 Å². The van der Waals surface area contributed by atoms with Crippen LogP contribution >= 0.6 is 11.6 Å². The van der Waals surface area contributed by atoms with E-state index in [0.29, 0.717) is 29.5 Å². The van der Waals surface area contributed by atoms with Crippen LogP contribution in [0, 0.1) is 0 Å². The van der Waals surface area contributed by atoms with Crippen molar-refractivity contribution >= 4 is 27.3 Å². The van der Waals surface area contributed by atoms with Crippen molar-refractivity contribution < 1.29 is 17.9 Å². The summed E-state index contributed by atoms with van der Waals surface area (Å²) in [6, 6.07) is 12.9. The average Bonchev–Trinajstić information content (AvgIpc) is 2.53. The van der Waals surface area contributed by atoms with E-state index in [9.17, 15) is 13.2 Å². The number of hydrogen-bond acceptors (Lipinski definition) is 4. The Bertz CT molecular complexity index is 819. The number of carbonyl (C=O) groups excluding carboxylic acids is 1. The summed E-state index contributed by atoms with van der Waals surface area (Å²) in [5.74, 6) is 0.436. The molecule has 0 aromatic heterocycles. The number of sulfone groups is 1. The van der Waals surface area contributed by atoms with E-state index in [-0.39, 0.29) is 10.8 Å². The first-order valence-electron chi connectivity index (χ1n) is 7.21. The molecule has 0 N–H and O–H groups in total. The molecule has 0 heterocycles. The second kappa shape index (κ2) is 7.68. The number of carbonyl (C=O) groups is 1. The fourth-order valence-electron chi connectivity index (χ4n) is 2.02. The molecule has 2 aromatic carbocycles. The van der Waals surface area contributed by atoms with E-state index >= 15 is 0 Å². The van der Waals surface area contributed by atoms with Crippen molar-refractivity contribution in [1.82, 2.24) is 4.90 Å². The average molecular weight is 368 g/mol. The predicted octanol–water partition coefficient (Wildman–Crippen LogP) is 2.89. The second-order valence-electron chi connectivity index (χ2n) is 5.33. The van der Waals surface area contributed by atoms with Crippen LogP contribution in [0.1, 0.15) is 10.4 Å². The second-order valence-corrected chi connectivity index (χ2v) is 7.78. The summed E-state index contributed by atoms with van der Waals surface area (Å²) >= 11 is 5.87. The quantitative estimate of drug-likeness (QED) is 0.787. The number of ether oxygens (including phenoxy) is 1. The maximum absolute atomic E-state index is 12.3. The zero-order valence-electron chi connectivity index (χ0n) is 13.4. The highest BCUT2D eigenvalue weighted by Crippen LogP contribution is 2.17. The van der Waals surface area contributed by atoms with Gasteiger partial charge in [-0.25, -0.2) is 8.42 Å². The molecule has 2 aromatic rings. The summed E-state index contributed by atoms with van der Waals surface area (Å²) in [4.78, 5) is 14.0. The standard InChI is InChI=1S/C17H18ClNO4S/c1-19(10-11-23-15-5-3-4-14(18)12-15)17(20)13-6-8-16(9-7-13)24(2,21)22/h3-9,12H,10-11H2,1-2H3. The fourth-order valence-corrected chi connectivity index (χ4v) is 2.83. The Kier molecular flexibility index (Phi) is 5.85. The molecule has 0 bridgehead atoms. The Hall–Kier alpha value is -2.05. The zero-order valence-corrected chi connectivity index (χ0v) is 15.0. The molecule has 5 nitrogen and oxygen atoms in total. The smallest absolute Gasteiger partial charge is 0.253 e. The molecular formula is C17H18ClNO4S. The first kappa shape index (κ1) is 18.3. The third-order valence-corrected chi connectivity index (χ3v) is 4.73. The molecule has 2 rings (SSSR count). The molecule has 0 saturated carbocycles. The molecule has 0 saturated heterocycles. The van der Waals surface area contributed by atoms with Gasteiger partial charge in [0.25, 0.3) is 5.91 Å². The van der Waals surface area contributed by atoms with E-state index < -0.39 is 9.84 Å². The maximum atomic E-state index is 12.3. The van der Waals surface area contributed by atoms with Gasteiger partial charge in [-0.3, -0.25) is 4.79 Å². The summed E-state index contributed by atoms with van der Waals surface area (Å²) in [6.45, 7) is 0.711. The first-order chi connectivity index (χ1) is 11.3. The van der Waals surface area contributed by atoms with Gasteiger partial charge in [-0.1, -0.05) is 17.7 Å². The molecular weight excluding hydrogens is 350 g/mol. The summed E-state index contributed by atoms with van der Waals surface area (Å²) in [6.07, 6.45) is 1.13. The van der Waals surface area contributed by atoms with Crippen LogP contribution < -0.4 is 4.74 Å². The molecule has 1 amide bonds. The highest BCUT2D eigenvalue weighted by atomic mass is 35.5. The van der Waals surface area contributed by atoms with Crippen LogP contribution in [0.3, 0.4) is 0 Å². The predicted molar refractivity (Wildman–Crippen MR) is 93.5 cm³/mol. The Morgan fingerprint density at radius 2 is 1.83 bits per heavy atom.